The van der Waals surface area contributed by atoms with Crippen LogP contribution in [0.2, 0.25) is 0 Å². The average molecular weight is 395 g/mol. The van der Waals surface area contributed by atoms with Gasteiger partial charge in [0.15, 0.2) is 0 Å². The number of anilines is 1. The number of benzene rings is 2. The Bertz CT molecular complexity index is 878. The van der Waals surface area contributed by atoms with Gasteiger partial charge in [-0.3, -0.25) is 14.5 Å². The molecule has 0 aromatic heterocycles. The molecule has 2 aliphatic heterocycles. The number of rotatable bonds is 6. The van der Waals surface area contributed by atoms with Gasteiger partial charge in [-0.25, -0.2) is 4.39 Å². The number of nitrogens with one attached hydrogen (secondary N) is 1. The van der Waals surface area contributed by atoms with Crippen molar-refractivity contribution in [3.63, 3.8) is 0 Å². The predicted octanol–water partition coefficient (Wildman–Crippen LogP) is 3.52. The highest BCUT2D eigenvalue weighted by Gasteiger charge is 2.25. The largest absolute Gasteiger partial charge is 0.350 e. The van der Waals surface area contributed by atoms with Crippen molar-refractivity contribution in [3.05, 3.63) is 65.5 Å². The number of carbonyl (C=O) groups excluding carboxylic acids is 2. The Balaban J connectivity index is 1.46. The van der Waals surface area contributed by atoms with E-state index in [0.29, 0.717) is 25.1 Å². The van der Waals surface area contributed by atoms with Crippen LogP contribution < -0.4 is 10.2 Å². The second kappa shape index (κ2) is 8.74. The van der Waals surface area contributed by atoms with E-state index < -0.39 is 0 Å². The lowest BCUT2D eigenvalue weighted by molar-refractivity contribution is -0.117. The Hall–Kier alpha value is -2.73. The summed E-state index contributed by atoms with van der Waals surface area (Å²) in [6.07, 6.45) is 3.69. The van der Waals surface area contributed by atoms with E-state index in [1.165, 1.54) is 12.1 Å². The van der Waals surface area contributed by atoms with Crippen LogP contribution in [0.15, 0.2) is 48.5 Å². The van der Waals surface area contributed by atoms with Gasteiger partial charge in [0.05, 0.1) is 6.04 Å². The molecule has 1 N–H and O–H groups in total. The van der Waals surface area contributed by atoms with E-state index >= 15 is 0 Å². The molecule has 0 spiro atoms. The molecule has 1 unspecified atom stereocenters. The summed E-state index contributed by atoms with van der Waals surface area (Å²) in [5, 5.41) is 3.04. The van der Waals surface area contributed by atoms with E-state index in [4.69, 9.17) is 0 Å². The minimum Gasteiger partial charge on any atom is -0.350 e. The van der Waals surface area contributed by atoms with E-state index in [-0.39, 0.29) is 23.7 Å². The SMILES string of the molecule is O=C(NCC(c1ccc(F)cc1)N1CCCC1)c1cccc(N2CCCC2=O)c1. The molecule has 0 radical (unpaired) electrons. The first kappa shape index (κ1) is 19.6. The standard InChI is InChI=1S/C23H26FN3O2/c24-19-10-8-17(9-11-19)21(26-12-1-2-13-26)16-25-23(29)18-5-3-6-20(15-18)27-14-4-7-22(27)28/h3,5-6,8-11,15,21H,1-2,4,7,12-14,16H2,(H,25,29). The van der Waals surface area contributed by atoms with Crippen LogP contribution >= 0.6 is 0 Å². The van der Waals surface area contributed by atoms with Gasteiger partial charge in [-0.05, 0) is 68.2 Å². The van der Waals surface area contributed by atoms with Crippen LogP contribution in [-0.2, 0) is 4.79 Å². The van der Waals surface area contributed by atoms with Crippen LogP contribution in [-0.4, -0.2) is 42.9 Å². The van der Waals surface area contributed by atoms with Crippen molar-refractivity contribution in [2.45, 2.75) is 31.7 Å². The van der Waals surface area contributed by atoms with Crippen LogP contribution in [0.3, 0.4) is 0 Å². The third-order valence-corrected chi connectivity index (χ3v) is 5.79. The lowest BCUT2D eigenvalue weighted by Crippen LogP contribution is -2.36. The van der Waals surface area contributed by atoms with Crippen LogP contribution in [0.1, 0.15) is 47.6 Å². The van der Waals surface area contributed by atoms with Gasteiger partial charge < -0.3 is 10.2 Å². The fraction of sp³-hybridized carbons (Fsp3) is 0.391. The van der Waals surface area contributed by atoms with Crippen LogP contribution in [0.25, 0.3) is 0 Å². The molecule has 0 bridgehead atoms. The third kappa shape index (κ3) is 4.48. The van der Waals surface area contributed by atoms with Crippen LogP contribution in [0, 0.1) is 5.82 Å². The van der Waals surface area contributed by atoms with Gasteiger partial charge in [0, 0.05) is 30.8 Å². The zero-order chi connectivity index (χ0) is 20.2. The first-order valence-corrected chi connectivity index (χ1v) is 10.3. The fourth-order valence-electron chi connectivity index (χ4n) is 4.22. The number of nitrogens with zero attached hydrogens (tertiary/aromatic N) is 2. The number of carbonyl (C=O) groups is 2. The Morgan fingerprint density at radius 3 is 2.48 bits per heavy atom. The topological polar surface area (TPSA) is 52.7 Å². The van der Waals surface area contributed by atoms with E-state index in [1.807, 2.05) is 12.1 Å². The molecule has 6 heteroatoms. The Morgan fingerprint density at radius 2 is 1.79 bits per heavy atom. The molecule has 2 aromatic carbocycles. The van der Waals surface area contributed by atoms with Gasteiger partial charge in [0.2, 0.25) is 5.91 Å². The van der Waals surface area contributed by atoms with E-state index in [2.05, 4.69) is 10.2 Å². The van der Waals surface area contributed by atoms with Crippen molar-refractivity contribution in [1.29, 1.82) is 0 Å². The van der Waals surface area contributed by atoms with Crippen molar-refractivity contribution in [3.8, 4) is 0 Å². The first-order valence-electron chi connectivity index (χ1n) is 10.3. The molecular formula is C23H26FN3O2. The van der Waals surface area contributed by atoms with E-state index in [0.717, 1.165) is 43.6 Å². The molecule has 2 aliphatic rings. The molecule has 0 aliphatic carbocycles. The summed E-state index contributed by atoms with van der Waals surface area (Å²) < 4.78 is 13.3. The summed E-state index contributed by atoms with van der Waals surface area (Å²) in [7, 11) is 0. The molecule has 2 saturated heterocycles. The molecule has 2 aromatic rings. The maximum Gasteiger partial charge on any atom is 0.251 e. The van der Waals surface area contributed by atoms with Crippen molar-refractivity contribution >= 4 is 17.5 Å². The molecule has 4 rings (SSSR count). The maximum absolute atomic E-state index is 13.3. The molecule has 2 amide bonds. The van der Waals surface area contributed by atoms with Crippen molar-refractivity contribution in [2.75, 3.05) is 31.1 Å². The Labute approximate surface area is 170 Å². The van der Waals surface area contributed by atoms with Crippen molar-refractivity contribution < 1.29 is 14.0 Å². The molecule has 0 saturated carbocycles. The average Bonchev–Trinajstić information content (AvgIpc) is 3.41. The number of amides is 2. The van der Waals surface area contributed by atoms with Gasteiger partial charge in [-0.2, -0.15) is 0 Å². The zero-order valence-corrected chi connectivity index (χ0v) is 16.4. The van der Waals surface area contributed by atoms with Crippen LogP contribution in [0.4, 0.5) is 10.1 Å². The molecule has 2 fully saturated rings. The number of hydrogen-bond donors (Lipinski definition) is 1. The van der Waals surface area contributed by atoms with E-state index in [9.17, 15) is 14.0 Å². The van der Waals surface area contributed by atoms with E-state index in [1.54, 1.807) is 29.2 Å². The van der Waals surface area contributed by atoms with Gasteiger partial charge in [0.25, 0.3) is 5.91 Å². The smallest absolute Gasteiger partial charge is 0.251 e. The summed E-state index contributed by atoms with van der Waals surface area (Å²) >= 11 is 0. The second-order valence-electron chi connectivity index (χ2n) is 7.72. The summed E-state index contributed by atoms with van der Waals surface area (Å²) in [6, 6.07) is 13.8. The van der Waals surface area contributed by atoms with Gasteiger partial charge in [-0.1, -0.05) is 18.2 Å². The predicted molar refractivity (Wildman–Crippen MR) is 110 cm³/mol. The summed E-state index contributed by atoms with van der Waals surface area (Å²) in [6.45, 7) is 3.11. The highest BCUT2D eigenvalue weighted by atomic mass is 19.1. The molecular weight excluding hydrogens is 369 g/mol. The molecule has 1 atom stereocenters. The molecule has 2 heterocycles. The normalized spacial score (nSPS) is 18.2. The van der Waals surface area contributed by atoms with Crippen LogP contribution in [0.5, 0.6) is 0 Å². The summed E-state index contributed by atoms with van der Waals surface area (Å²) in [5.41, 5.74) is 2.32. The lowest BCUT2D eigenvalue weighted by Gasteiger charge is -2.28. The highest BCUT2D eigenvalue weighted by Crippen LogP contribution is 2.26. The fourth-order valence-corrected chi connectivity index (χ4v) is 4.22. The first-order chi connectivity index (χ1) is 14.1. The molecule has 29 heavy (non-hydrogen) atoms. The number of likely N-dealkylation sites (tertiary alicyclic amines) is 1. The minimum absolute atomic E-state index is 0.0189. The Kier molecular flexibility index (Phi) is 5.90. The van der Waals surface area contributed by atoms with Gasteiger partial charge in [0.1, 0.15) is 5.82 Å². The van der Waals surface area contributed by atoms with Gasteiger partial charge in [-0.15, -0.1) is 0 Å². The summed E-state index contributed by atoms with van der Waals surface area (Å²) in [4.78, 5) is 28.9. The molecule has 152 valence electrons. The monoisotopic (exact) mass is 395 g/mol. The van der Waals surface area contributed by atoms with Crippen molar-refractivity contribution in [1.82, 2.24) is 10.2 Å². The minimum atomic E-state index is -0.258. The Morgan fingerprint density at radius 1 is 1.03 bits per heavy atom. The zero-order valence-electron chi connectivity index (χ0n) is 16.4. The quantitative estimate of drug-likeness (QED) is 0.814. The third-order valence-electron chi connectivity index (χ3n) is 5.79. The number of hydrogen-bond acceptors (Lipinski definition) is 3. The number of halogens is 1. The highest BCUT2D eigenvalue weighted by molar-refractivity contribution is 5.99. The second-order valence-corrected chi connectivity index (χ2v) is 7.72. The van der Waals surface area contributed by atoms with Crippen molar-refractivity contribution in [2.24, 2.45) is 0 Å². The molecule has 5 nitrogen and oxygen atoms in total. The van der Waals surface area contributed by atoms with Gasteiger partial charge >= 0.3 is 0 Å². The summed E-state index contributed by atoms with van der Waals surface area (Å²) in [5.74, 6) is -0.316. The lowest BCUT2D eigenvalue weighted by atomic mass is 10.0. The maximum atomic E-state index is 13.3.